The maximum absolute atomic E-state index is 13.3. The van der Waals surface area contributed by atoms with Crippen LogP contribution in [0.25, 0.3) is 0 Å². The van der Waals surface area contributed by atoms with Crippen molar-refractivity contribution in [3.63, 3.8) is 0 Å². The molecular weight excluding hydrogens is 297 g/mol. The molecule has 1 aromatic carbocycles. The highest BCUT2D eigenvalue weighted by atomic mass is 35.5. The molecule has 2 rings (SSSR count). The van der Waals surface area contributed by atoms with Crippen molar-refractivity contribution in [1.29, 1.82) is 0 Å². The summed E-state index contributed by atoms with van der Waals surface area (Å²) < 4.78 is 19.5. The second kappa shape index (κ2) is 6.67. The monoisotopic (exact) mass is 311 g/mol. The Kier molecular flexibility index (Phi) is 4.90. The van der Waals surface area contributed by atoms with Crippen LogP contribution in [0.2, 0.25) is 5.02 Å². The molecule has 1 heterocycles. The number of esters is 1. The lowest BCUT2D eigenvalue weighted by Gasteiger charge is -2.08. The number of carbonyl (C=O) groups is 1. The maximum atomic E-state index is 13.3. The topological polar surface area (TPSA) is 57.0 Å². The van der Waals surface area contributed by atoms with Crippen LogP contribution in [0.4, 0.5) is 4.39 Å². The van der Waals surface area contributed by atoms with Crippen molar-refractivity contribution in [2.45, 2.75) is 26.3 Å². The van der Waals surface area contributed by atoms with Gasteiger partial charge in [0.05, 0.1) is 19.3 Å². The third kappa shape index (κ3) is 3.39. The lowest BCUT2D eigenvalue weighted by atomic mass is 10.2. The summed E-state index contributed by atoms with van der Waals surface area (Å²) in [5.74, 6) is -0.908. The molecule has 0 bridgehead atoms. The fourth-order valence-electron chi connectivity index (χ4n) is 2.03. The van der Waals surface area contributed by atoms with Crippen LogP contribution in [-0.4, -0.2) is 28.1 Å². The molecule has 0 fully saturated rings. The van der Waals surface area contributed by atoms with E-state index in [1.165, 1.54) is 25.3 Å². The van der Waals surface area contributed by atoms with Crippen molar-refractivity contribution in [3.8, 4) is 0 Å². The van der Waals surface area contributed by atoms with E-state index in [1.54, 1.807) is 4.68 Å². The predicted molar refractivity (Wildman–Crippen MR) is 75.9 cm³/mol. The number of rotatable bonds is 5. The average molecular weight is 312 g/mol. The van der Waals surface area contributed by atoms with Crippen LogP contribution in [-0.2, 0) is 17.7 Å². The number of ether oxygens (including phenoxy) is 1. The van der Waals surface area contributed by atoms with Gasteiger partial charge in [-0.15, -0.1) is 5.10 Å². The quantitative estimate of drug-likeness (QED) is 0.797. The minimum atomic E-state index is -0.532. The van der Waals surface area contributed by atoms with Crippen LogP contribution in [0.1, 0.15) is 35.1 Å². The van der Waals surface area contributed by atoms with Gasteiger partial charge in [-0.2, -0.15) is 0 Å². The molecule has 21 heavy (non-hydrogen) atoms. The summed E-state index contributed by atoms with van der Waals surface area (Å²) in [6, 6.07) is 4.13. The molecule has 112 valence electrons. The molecule has 0 spiro atoms. The highest BCUT2D eigenvalue weighted by Gasteiger charge is 2.20. The first kappa shape index (κ1) is 15.4. The summed E-state index contributed by atoms with van der Waals surface area (Å²) in [5.41, 5.74) is 1.42. The third-order valence-corrected chi connectivity index (χ3v) is 3.40. The van der Waals surface area contributed by atoms with E-state index in [0.29, 0.717) is 22.7 Å². The van der Waals surface area contributed by atoms with Gasteiger partial charge in [-0.3, -0.25) is 0 Å². The Morgan fingerprint density at radius 3 is 2.90 bits per heavy atom. The molecular formula is C14H15ClFN3O2. The molecule has 0 saturated carbocycles. The van der Waals surface area contributed by atoms with E-state index < -0.39 is 5.97 Å². The first-order chi connectivity index (χ1) is 10.1. The summed E-state index contributed by atoms with van der Waals surface area (Å²) in [6.45, 7) is 2.23. The van der Waals surface area contributed by atoms with Crippen molar-refractivity contribution in [2.24, 2.45) is 0 Å². The molecule has 0 aliphatic rings. The summed E-state index contributed by atoms with van der Waals surface area (Å²) in [7, 11) is 1.29. The van der Waals surface area contributed by atoms with Gasteiger partial charge >= 0.3 is 5.97 Å². The molecule has 0 radical (unpaired) electrons. The number of halogens is 2. The van der Waals surface area contributed by atoms with Gasteiger partial charge < -0.3 is 4.74 Å². The van der Waals surface area contributed by atoms with Crippen molar-refractivity contribution in [2.75, 3.05) is 7.11 Å². The van der Waals surface area contributed by atoms with Crippen LogP contribution in [0, 0.1) is 5.82 Å². The van der Waals surface area contributed by atoms with Gasteiger partial charge in [-0.05, 0) is 30.2 Å². The Bertz CT molecular complexity index is 658. The van der Waals surface area contributed by atoms with E-state index >= 15 is 0 Å². The highest BCUT2D eigenvalue weighted by Crippen LogP contribution is 2.20. The van der Waals surface area contributed by atoms with Gasteiger partial charge in [0, 0.05) is 5.02 Å². The largest absolute Gasteiger partial charge is 0.464 e. The van der Waals surface area contributed by atoms with E-state index in [-0.39, 0.29) is 18.1 Å². The number of nitrogens with zero attached hydrogens (tertiary/aromatic N) is 3. The Morgan fingerprint density at radius 1 is 1.48 bits per heavy atom. The van der Waals surface area contributed by atoms with Gasteiger partial charge in [0.1, 0.15) is 5.82 Å². The zero-order chi connectivity index (χ0) is 15.4. The van der Waals surface area contributed by atoms with Crippen LogP contribution in [0.5, 0.6) is 0 Å². The maximum Gasteiger partial charge on any atom is 0.360 e. The van der Waals surface area contributed by atoms with E-state index in [0.717, 1.165) is 6.42 Å². The predicted octanol–water partition coefficient (Wildman–Crippen LogP) is 2.86. The Labute approximate surface area is 126 Å². The van der Waals surface area contributed by atoms with E-state index in [2.05, 4.69) is 15.0 Å². The minimum Gasteiger partial charge on any atom is -0.464 e. The first-order valence-corrected chi connectivity index (χ1v) is 6.89. The molecule has 0 aliphatic heterocycles. The Hall–Kier alpha value is -1.95. The molecule has 7 heteroatoms. The normalized spacial score (nSPS) is 10.7. The van der Waals surface area contributed by atoms with Gasteiger partial charge in [-0.25, -0.2) is 13.9 Å². The fourth-order valence-corrected chi connectivity index (χ4v) is 2.20. The number of carbonyl (C=O) groups excluding carboxylic acids is 1. The average Bonchev–Trinajstić information content (AvgIpc) is 2.85. The summed E-state index contributed by atoms with van der Waals surface area (Å²) in [5, 5.41) is 8.25. The van der Waals surface area contributed by atoms with Gasteiger partial charge in [-0.1, -0.05) is 30.2 Å². The lowest BCUT2D eigenvalue weighted by molar-refractivity contribution is 0.0592. The van der Waals surface area contributed by atoms with Gasteiger partial charge in [0.2, 0.25) is 0 Å². The van der Waals surface area contributed by atoms with Crippen molar-refractivity contribution >= 4 is 17.6 Å². The standard InChI is InChI=1S/C14H15ClFN3O2/c1-3-4-12-13(14(20)21-2)17-18-19(12)8-9-7-10(16)5-6-11(9)15/h5-7H,3-4,8H2,1-2H3. The minimum absolute atomic E-state index is 0.187. The van der Waals surface area contributed by atoms with Crippen LogP contribution in [0.15, 0.2) is 18.2 Å². The molecule has 1 aromatic heterocycles. The number of aromatic nitrogens is 3. The summed E-state index contributed by atoms with van der Waals surface area (Å²) in [6.07, 6.45) is 1.43. The summed E-state index contributed by atoms with van der Waals surface area (Å²) >= 11 is 6.05. The third-order valence-electron chi connectivity index (χ3n) is 3.03. The number of hydrogen-bond acceptors (Lipinski definition) is 4. The van der Waals surface area contributed by atoms with Crippen molar-refractivity contribution < 1.29 is 13.9 Å². The zero-order valence-corrected chi connectivity index (χ0v) is 12.5. The fraction of sp³-hybridized carbons (Fsp3) is 0.357. The zero-order valence-electron chi connectivity index (χ0n) is 11.8. The number of methoxy groups -OCH3 is 1. The smallest absolute Gasteiger partial charge is 0.360 e. The molecule has 0 saturated heterocycles. The van der Waals surface area contributed by atoms with Crippen LogP contribution in [0.3, 0.4) is 0 Å². The second-order valence-electron chi connectivity index (χ2n) is 4.52. The molecule has 0 aliphatic carbocycles. The Balaban J connectivity index is 2.37. The second-order valence-corrected chi connectivity index (χ2v) is 4.93. The van der Waals surface area contributed by atoms with Crippen LogP contribution >= 0.6 is 11.6 Å². The molecule has 0 amide bonds. The van der Waals surface area contributed by atoms with E-state index in [1.807, 2.05) is 6.92 Å². The van der Waals surface area contributed by atoms with E-state index in [9.17, 15) is 9.18 Å². The highest BCUT2D eigenvalue weighted by molar-refractivity contribution is 6.31. The number of hydrogen-bond donors (Lipinski definition) is 0. The molecule has 2 aromatic rings. The molecule has 5 nitrogen and oxygen atoms in total. The van der Waals surface area contributed by atoms with Gasteiger partial charge in [0.15, 0.2) is 5.69 Å². The van der Waals surface area contributed by atoms with Crippen molar-refractivity contribution in [3.05, 3.63) is 46.0 Å². The molecule has 0 atom stereocenters. The van der Waals surface area contributed by atoms with Crippen LogP contribution < -0.4 is 0 Å². The van der Waals surface area contributed by atoms with E-state index in [4.69, 9.17) is 11.6 Å². The Morgan fingerprint density at radius 2 is 2.24 bits per heavy atom. The van der Waals surface area contributed by atoms with Crippen molar-refractivity contribution in [1.82, 2.24) is 15.0 Å². The molecule has 0 N–H and O–H groups in total. The number of benzene rings is 1. The summed E-state index contributed by atoms with van der Waals surface area (Å²) in [4.78, 5) is 11.7. The first-order valence-electron chi connectivity index (χ1n) is 6.51. The SMILES string of the molecule is CCCc1c(C(=O)OC)nnn1Cc1cc(F)ccc1Cl. The lowest BCUT2D eigenvalue weighted by Crippen LogP contribution is -2.11. The van der Waals surface area contributed by atoms with Gasteiger partial charge in [0.25, 0.3) is 0 Å². The molecule has 0 unspecified atom stereocenters.